The fraction of sp³-hybridized carbons (Fsp3) is 0.625. The van der Waals surface area contributed by atoms with Crippen molar-refractivity contribution in [1.82, 2.24) is 0 Å². The molecule has 1 heterocycles. The number of piperidine rings is 1. The average Bonchev–Trinajstić information content (AvgIpc) is 2.38. The van der Waals surface area contributed by atoms with Gasteiger partial charge in [-0.25, -0.2) is 0 Å². The van der Waals surface area contributed by atoms with Crippen LogP contribution in [0.4, 0.5) is 5.69 Å². The summed E-state index contributed by atoms with van der Waals surface area (Å²) in [7, 11) is 0. The van der Waals surface area contributed by atoms with Gasteiger partial charge in [-0.15, -0.1) is 0 Å². The molecule has 0 aromatic heterocycles. The summed E-state index contributed by atoms with van der Waals surface area (Å²) in [5.41, 5.74) is 8.46. The number of benzene rings is 1. The molecule has 2 nitrogen and oxygen atoms in total. The van der Waals surface area contributed by atoms with Crippen LogP contribution in [0.15, 0.2) is 18.2 Å². The van der Waals surface area contributed by atoms with Crippen molar-refractivity contribution in [2.75, 3.05) is 18.0 Å². The molecule has 1 aliphatic rings. The minimum Gasteiger partial charge on any atom is -0.370 e. The second-order valence-electron chi connectivity index (χ2n) is 5.77. The summed E-state index contributed by atoms with van der Waals surface area (Å²) >= 11 is 6.43. The van der Waals surface area contributed by atoms with Crippen LogP contribution in [-0.4, -0.2) is 19.1 Å². The second kappa shape index (κ2) is 6.62. The topological polar surface area (TPSA) is 29.3 Å². The summed E-state index contributed by atoms with van der Waals surface area (Å²) < 4.78 is 0. The molecule has 0 radical (unpaired) electrons. The van der Waals surface area contributed by atoms with E-state index in [0.717, 1.165) is 30.5 Å². The Hall–Kier alpha value is -0.730. The molecular formula is C16H25ClN2. The monoisotopic (exact) mass is 280 g/mol. The van der Waals surface area contributed by atoms with Crippen LogP contribution >= 0.6 is 11.6 Å². The van der Waals surface area contributed by atoms with Gasteiger partial charge in [0.05, 0.1) is 10.7 Å². The highest BCUT2D eigenvalue weighted by atomic mass is 35.5. The Morgan fingerprint density at radius 2 is 2.05 bits per heavy atom. The molecular weight excluding hydrogens is 256 g/mol. The SMILES string of the molecule is CCC1CCN(c2c(Cl)cccc2CC(C)N)CC1. The van der Waals surface area contributed by atoms with Gasteiger partial charge in [-0.2, -0.15) is 0 Å². The Morgan fingerprint density at radius 1 is 1.37 bits per heavy atom. The molecule has 1 unspecified atom stereocenters. The Balaban J connectivity index is 2.19. The van der Waals surface area contributed by atoms with Crippen molar-refractivity contribution in [2.45, 2.75) is 45.6 Å². The highest BCUT2D eigenvalue weighted by Crippen LogP contribution is 2.34. The summed E-state index contributed by atoms with van der Waals surface area (Å²) in [6.07, 6.45) is 4.74. The maximum atomic E-state index is 6.43. The van der Waals surface area contributed by atoms with E-state index in [1.54, 1.807) is 0 Å². The van der Waals surface area contributed by atoms with Gasteiger partial charge in [-0.3, -0.25) is 0 Å². The van der Waals surface area contributed by atoms with Crippen LogP contribution in [0, 0.1) is 5.92 Å². The summed E-state index contributed by atoms with van der Waals surface area (Å²) in [4.78, 5) is 2.45. The van der Waals surface area contributed by atoms with Gasteiger partial charge in [-0.1, -0.05) is 37.1 Å². The first-order valence-corrected chi connectivity index (χ1v) is 7.77. The van der Waals surface area contributed by atoms with Crippen LogP contribution in [0.3, 0.4) is 0 Å². The largest absolute Gasteiger partial charge is 0.370 e. The predicted molar refractivity (Wildman–Crippen MR) is 84.0 cm³/mol. The number of nitrogens with two attached hydrogens (primary N) is 1. The summed E-state index contributed by atoms with van der Waals surface area (Å²) in [5, 5.41) is 0.869. The van der Waals surface area contributed by atoms with Gasteiger partial charge < -0.3 is 10.6 Å². The zero-order valence-corrected chi connectivity index (χ0v) is 12.8. The molecule has 1 atom stereocenters. The molecule has 0 aliphatic carbocycles. The van der Waals surface area contributed by atoms with Crippen molar-refractivity contribution < 1.29 is 0 Å². The highest BCUT2D eigenvalue weighted by molar-refractivity contribution is 6.33. The second-order valence-corrected chi connectivity index (χ2v) is 6.17. The number of hydrogen-bond acceptors (Lipinski definition) is 2. The van der Waals surface area contributed by atoms with Gasteiger partial charge in [0, 0.05) is 19.1 Å². The normalized spacial score (nSPS) is 18.6. The molecule has 0 saturated carbocycles. The van der Waals surface area contributed by atoms with Crippen LogP contribution in [-0.2, 0) is 6.42 Å². The molecule has 3 heteroatoms. The first kappa shape index (κ1) is 14.7. The Morgan fingerprint density at radius 3 is 2.63 bits per heavy atom. The van der Waals surface area contributed by atoms with Crippen LogP contribution in [0.1, 0.15) is 38.7 Å². The van der Waals surface area contributed by atoms with E-state index in [-0.39, 0.29) is 6.04 Å². The number of halogens is 1. The molecule has 1 fully saturated rings. The van der Waals surface area contributed by atoms with E-state index < -0.39 is 0 Å². The maximum Gasteiger partial charge on any atom is 0.0642 e. The van der Waals surface area contributed by atoms with Gasteiger partial charge in [0.2, 0.25) is 0 Å². The third-order valence-corrected chi connectivity index (χ3v) is 4.43. The molecule has 0 bridgehead atoms. The van der Waals surface area contributed by atoms with E-state index in [0.29, 0.717) is 0 Å². The van der Waals surface area contributed by atoms with E-state index in [9.17, 15) is 0 Å². The van der Waals surface area contributed by atoms with Gasteiger partial charge in [0.25, 0.3) is 0 Å². The van der Waals surface area contributed by atoms with Gasteiger partial charge in [0.15, 0.2) is 0 Å². The molecule has 1 saturated heterocycles. The van der Waals surface area contributed by atoms with Crippen molar-refractivity contribution in [3.63, 3.8) is 0 Å². The van der Waals surface area contributed by atoms with Crippen molar-refractivity contribution in [3.8, 4) is 0 Å². The van der Waals surface area contributed by atoms with Gasteiger partial charge >= 0.3 is 0 Å². The van der Waals surface area contributed by atoms with Crippen LogP contribution in [0.2, 0.25) is 5.02 Å². The molecule has 1 aliphatic heterocycles. The molecule has 106 valence electrons. The molecule has 2 rings (SSSR count). The quantitative estimate of drug-likeness (QED) is 0.907. The first-order chi connectivity index (χ1) is 9.11. The smallest absolute Gasteiger partial charge is 0.0642 e. The summed E-state index contributed by atoms with van der Waals surface area (Å²) in [6, 6.07) is 6.36. The Bertz CT molecular complexity index is 409. The molecule has 0 spiro atoms. The molecule has 0 amide bonds. The lowest BCUT2D eigenvalue weighted by atomic mass is 9.93. The minimum absolute atomic E-state index is 0.172. The third-order valence-electron chi connectivity index (χ3n) is 4.12. The lowest BCUT2D eigenvalue weighted by Gasteiger charge is -2.35. The predicted octanol–water partition coefficient (Wildman–Crippen LogP) is 3.86. The molecule has 1 aromatic carbocycles. The lowest BCUT2D eigenvalue weighted by molar-refractivity contribution is 0.394. The standard InChI is InChI=1S/C16H25ClN2/c1-3-13-7-9-19(10-8-13)16-14(11-12(2)18)5-4-6-15(16)17/h4-6,12-13H,3,7-11,18H2,1-2H3. The maximum absolute atomic E-state index is 6.43. The van der Waals surface area contributed by atoms with E-state index in [1.807, 2.05) is 19.1 Å². The Labute approximate surface area is 121 Å². The number of rotatable bonds is 4. The van der Waals surface area contributed by atoms with E-state index >= 15 is 0 Å². The lowest BCUT2D eigenvalue weighted by Crippen LogP contribution is -2.34. The minimum atomic E-state index is 0.172. The number of hydrogen-bond donors (Lipinski definition) is 1. The summed E-state index contributed by atoms with van der Waals surface area (Å²) in [6.45, 7) is 6.58. The third kappa shape index (κ3) is 3.64. The average molecular weight is 281 g/mol. The number of nitrogens with zero attached hydrogens (tertiary/aromatic N) is 1. The van der Waals surface area contributed by atoms with Crippen molar-refractivity contribution in [2.24, 2.45) is 11.7 Å². The zero-order chi connectivity index (χ0) is 13.8. The van der Waals surface area contributed by atoms with Crippen molar-refractivity contribution in [3.05, 3.63) is 28.8 Å². The van der Waals surface area contributed by atoms with E-state index in [4.69, 9.17) is 17.3 Å². The number of anilines is 1. The first-order valence-electron chi connectivity index (χ1n) is 7.39. The van der Waals surface area contributed by atoms with Crippen molar-refractivity contribution >= 4 is 17.3 Å². The zero-order valence-electron chi connectivity index (χ0n) is 12.0. The van der Waals surface area contributed by atoms with E-state index in [2.05, 4.69) is 17.9 Å². The fourth-order valence-electron chi connectivity index (χ4n) is 2.99. The van der Waals surface area contributed by atoms with Gasteiger partial charge in [0.1, 0.15) is 0 Å². The van der Waals surface area contributed by atoms with Crippen molar-refractivity contribution in [1.29, 1.82) is 0 Å². The van der Waals surface area contributed by atoms with Crippen LogP contribution < -0.4 is 10.6 Å². The number of para-hydroxylation sites is 1. The summed E-state index contributed by atoms with van der Waals surface area (Å²) in [5.74, 6) is 0.885. The highest BCUT2D eigenvalue weighted by Gasteiger charge is 2.21. The van der Waals surface area contributed by atoms with Crippen LogP contribution in [0.25, 0.3) is 0 Å². The fourth-order valence-corrected chi connectivity index (χ4v) is 3.30. The van der Waals surface area contributed by atoms with Gasteiger partial charge in [-0.05, 0) is 43.7 Å². The Kier molecular flexibility index (Phi) is 5.12. The molecule has 19 heavy (non-hydrogen) atoms. The molecule has 1 aromatic rings. The molecule has 2 N–H and O–H groups in total. The van der Waals surface area contributed by atoms with E-state index in [1.165, 1.54) is 30.5 Å². The van der Waals surface area contributed by atoms with Crippen LogP contribution in [0.5, 0.6) is 0 Å².